The van der Waals surface area contributed by atoms with Gasteiger partial charge in [0.2, 0.25) is 0 Å². The Morgan fingerprint density at radius 1 is 0.561 bits per heavy atom. The molecule has 330 valence electrons. The summed E-state index contributed by atoms with van der Waals surface area (Å²) in [4.78, 5) is 25.1. The summed E-state index contributed by atoms with van der Waals surface area (Å²) in [5.74, 6) is -0.358. The number of phosphoric acid groups is 1. The van der Waals surface area contributed by atoms with Crippen molar-refractivity contribution in [3.63, 3.8) is 0 Å². The van der Waals surface area contributed by atoms with Crippen molar-refractivity contribution >= 4 is 13.8 Å². The van der Waals surface area contributed by atoms with Gasteiger partial charge in [-0.2, -0.15) is 0 Å². The molecule has 0 aromatic heterocycles. The lowest BCUT2D eigenvalue weighted by molar-refractivity contribution is -0.870. The fourth-order valence-corrected chi connectivity index (χ4v) is 6.47. The maximum absolute atomic E-state index is 12.7. The van der Waals surface area contributed by atoms with E-state index in [4.69, 9.17) is 18.5 Å². The zero-order valence-electron chi connectivity index (χ0n) is 37.3. The van der Waals surface area contributed by atoms with Crippen molar-refractivity contribution in [2.75, 3.05) is 54.1 Å². The first kappa shape index (κ1) is 54.9. The van der Waals surface area contributed by atoms with Crippen molar-refractivity contribution in [3.8, 4) is 0 Å². The fourth-order valence-electron chi connectivity index (χ4n) is 5.74. The van der Waals surface area contributed by atoms with Crippen LogP contribution in [0.2, 0.25) is 0 Å². The van der Waals surface area contributed by atoms with Crippen LogP contribution in [0.1, 0.15) is 168 Å². The number of phosphoric ester groups is 1. The van der Waals surface area contributed by atoms with Crippen molar-refractivity contribution in [1.29, 1.82) is 0 Å². The van der Waals surface area contributed by atoms with Crippen molar-refractivity contribution in [2.24, 2.45) is 0 Å². The van der Waals surface area contributed by atoms with E-state index in [0.29, 0.717) is 17.6 Å². The molecule has 0 saturated carbocycles. The smallest absolute Gasteiger partial charge is 0.306 e. The molecule has 2 atom stereocenters. The Morgan fingerprint density at radius 2 is 1.02 bits per heavy atom. The first-order chi connectivity index (χ1) is 27.6. The van der Waals surface area contributed by atoms with Gasteiger partial charge >= 0.3 is 5.97 Å². The quantitative estimate of drug-likeness (QED) is 0.0199. The molecule has 0 spiro atoms. The van der Waals surface area contributed by atoms with E-state index in [9.17, 15) is 14.3 Å². The maximum atomic E-state index is 12.7. The zero-order valence-corrected chi connectivity index (χ0v) is 38.2. The van der Waals surface area contributed by atoms with Crippen molar-refractivity contribution in [3.05, 3.63) is 72.9 Å². The van der Waals surface area contributed by atoms with Crippen LogP contribution in [-0.4, -0.2) is 70.7 Å². The normalized spacial score (nSPS) is 14.4. The highest BCUT2D eigenvalue weighted by Crippen LogP contribution is 2.38. The van der Waals surface area contributed by atoms with Gasteiger partial charge in [0.1, 0.15) is 19.3 Å². The number of allylic oxidation sites excluding steroid dienone is 12. The van der Waals surface area contributed by atoms with Crippen LogP contribution in [0.5, 0.6) is 0 Å². The van der Waals surface area contributed by atoms with Crippen molar-refractivity contribution in [1.82, 2.24) is 0 Å². The molecule has 0 rings (SSSR count). The minimum Gasteiger partial charge on any atom is -0.756 e. The Labute approximate surface area is 351 Å². The van der Waals surface area contributed by atoms with Crippen LogP contribution >= 0.6 is 7.82 Å². The van der Waals surface area contributed by atoms with Crippen LogP contribution in [0.25, 0.3) is 0 Å². The zero-order chi connectivity index (χ0) is 42.0. The fraction of sp³-hybridized carbons (Fsp3) is 0.729. The van der Waals surface area contributed by atoms with Gasteiger partial charge in [-0.1, -0.05) is 151 Å². The topological polar surface area (TPSA) is 94.1 Å². The minimum atomic E-state index is -4.54. The summed E-state index contributed by atoms with van der Waals surface area (Å²) < 4.78 is 34.6. The lowest BCUT2D eigenvalue weighted by Crippen LogP contribution is -2.37. The van der Waals surface area contributed by atoms with E-state index in [1.807, 2.05) is 21.1 Å². The standard InChI is InChI=1S/C48H86NO7P/c1-6-8-10-12-14-16-18-20-22-23-24-25-26-27-28-29-31-33-35-37-39-41-48(50)56-47(46-55-57(51,52)54-44-42-49(3,4)5)45-53-43-40-38-36-34-32-30-21-19-17-15-13-11-9-7-2/h9,11,15,17-18,20-21,23-24,26-27,30,47H,6-8,10,12-14,16,19,22,25,28-29,31-46H2,1-5H3/b11-9-,17-15-,20-18-,24-23-,27-26-,30-21-. The lowest BCUT2D eigenvalue weighted by Gasteiger charge is -2.28. The number of rotatable bonds is 41. The summed E-state index contributed by atoms with van der Waals surface area (Å²) in [6, 6.07) is 0. The van der Waals surface area contributed by atoms with E-state index in [2.05, 4.69) is 86.8 Å². The highest BCUT2D eigenvalue weighted by atomic mass is 31.2. The van der Waals surface area contributed by atoms with Crippen molar-refractivity contribution < 1.29 is 37.3 Å². The number of likely N-dealkylation sites (N-methyl/N-ethyl adjacent to an activating group) is 1. The molecule has 0 aliphatic carbocycles. The number of esters is 1. The first-order valence-corrected chi connectivity index (χ1v) is 24.1. The van der Waals surface area contributed by atoms with Crippen LogP contribution in [0.3, 0.4) is 0 Å². The Kier molecular flexibility index (Phi) is 39.2. The molecule has 0 radical (unpaired) electrons. The van der Waals surface area contributed by atoms with E-state index < -0.39 is 13.9 Å². The van der Waals surface area contributed by atoms with Gasteiger partial charge in [-0.3, -0.25) is 9.36 Å². The van der Waals surface area contributed by atoms with Crippen molar-refractivity contribution in [2.45, 2.75) is 174 Å². The highest BCUT2D eigenvalue weighted by molar-refractivity contribution is 7.45. The molecule has 0 aliphatic heterocycles. The van der Waals surface area contributed by atoms with Crippen LogP contribution in [-0.2, 0) is 27.9 Å². The second-order valence-electron chi connectivity index (χ2n) is 16.0. The second-order valence-corrected chi connectivity index (χ2v) is 17.4. The molecule has 0 N–H and O–H groups in total. The summed E-state index contributed by atoms with van der Waals surface area (Å²) in [7, 11) is 1.32. The van der Waals surface area contributed by atoms with E-state index in [1.165, 1.54) is 51.4 Å². The molecular weight excluding hydrogens is 734 g/mol. The summed E-state index contributed by atoms with van der Waals surface area (Å²) in [5.41, 5.74) is 0. The third-order valence-electron chi connectivity index (χ3n) is 9.24. The summed E-state index contributed by atoms with van der Waals surface area (Å²) in [5, 5.41) is 0. The van der Waals surface area contributed by atoms with Gasteiger partial charge in [-0.15, -0.1) is 0 Å². The number of quaternary nitrogens is 1. The maximum Gasteiger partial charge on any atom is 0.306 e. The van der Waals surface area contributed by atoms with Crippen LogP contribution < -0.4 is 4.89 Å². The number of carbonyl (C=O) groups excluding carboxylic acids is 1. The largest absolute Gasteiger partial charge is 0.756 e. The van der Waals surface area contributed by atoms with Gasteiger partial charge < -0.3 is 27.9 Å². The second kappa shape index (κ2) is 40.7. The molecule has 0 aromatic carbocycles. The molecule has 9 heteroatoms. The van der Waals surface area contributed by atoms with Crippen LogP contribution in [0.15, 0.2) is 72.9 Å². The van der Waals surface area contributed by atoms with E-state index >= 15 is 0 Å². The lowest BCUT2D eigenvalue weighted by atomic mass is 10.1. The molecule has 8 nitrogen and oxygen atoms in total. The number of unbranched alkanes of at least 4 members (excludes halogenated alkanes) is 15. The van der Waals surface area contributed by atoms with Crippen LogP contribution in [0, 0.1) is 0 Å². The summed E-state index contributed by atoms with van der Waals surface area (Å²) in [6.07, 6.45) is 52.0. The average molecular weight is 820 g/mol. The molecule has 0 aromatic rings. The SMILES string of the molecule is CC/C=C\C/C=C\C/C=C\CCCCCCOCC(COP(=O)([O-])OCC[N+](C)(C)C)OC(=O)CCCCCCCC/C=C\C/C=C\C/C=C\CCCCCCC. The summed E-state index contributed by atoms with van der Waals surface area (Å²) >= 11 is 0. The van der Waals surface area contributed by atoms with Crippen LogP contribution in [0.4, 0.5) is 0 Å². The average Bonchev–Trinajstić information content (AvgIpc) is 3.16. The molecular formula is C48H86NO7P. The van der Waals surface area contributed by atoms with E-state index in [0.717, 1.165) is 96.3 Å². The molecule has 0 aliphatic rings. The van der Waals surface area contributed by atoms with E-state index in [-0.39, 0.29) is 32.2 Å². The molecule has 0 bridgehead atoms. The third kappa shape index (κ3) is 44.9. The van der Waals surface area contributed by atoms with E-state index in [1.54, 1.807) is 0 Å². The molecule has 0 heterocycles. The first-order valence-electron chi connectivity index (χ1n) is 22.7. The summed E-state index contributed by atoms with van der Waals surface area (Å²) in [6.45, 7) is 5.20. The van der Waals surface area contributed by atoms with Gasteiger partial charge in [0.05, 0.1) is 34.4 Å². The number of hydrogen-bond donors (Lipinski definition) is 0. The Morgan fingerprint density at radius 3 is 1.53 bits per heavy atom. The van der Waals surface area contributed by atoms with Gasteiger partial charge in [0.15, 0.2) is 0 Å². The molecule has 57 heavy (non-hydrogen) atoms. The highest BCUT2D eigenvalue weighted by Gasteiger charge is 2.20. The predicted molar refractivity (Wildman–Crippen MR) is 240 cm³/mol. The van der Waals surface area contributed by atoms with Gasteiger partial charge in [-0.05, 0) is 83.5 Å². The molecule has 0 saturated heterocycles. The van der Waals surface area contributed by atoms with Gasteiger partial charge in [0, 0.05) is 13.0 Å². The molecule has 0 amide bonds. The third-order valence-corrected chi connectivity index (χ3v) is 10.2. The molecule has 0 fully saturated rings. The number of nitrogens with zero attached hydrogens (tertiary/aromatic N) is 1. The Hall–Kier alpha value is -2.06. The minimum absolute atomic E-state index is 0.0148. The Balaban J connectivity index is 4.28. The number of hydrogen-bond acceptors (Lipinski definition) is 7. The van der Waals surface area contributed by atoms with Gasteiger partial charge in [0.25, 0.3) is 7.82 Å². The number of carbonyl (C=O) groups is 1. The Bertz CT molecular complexity index is 1140. The predicted octanol–water partition coefficient (Wildman–Crippen LogP) is 12.9. The number of ether oxygens (including phenoxy) is 2. The van der Waals surface area contributed by atoms with Gasteiger partial charge in [-0.25, -0.2) is 0 Å². The monoisotopic (exact) mass is 820 g/mol. The molecule has 2 unspecified atom stereocenters.